The van der Waals surface area contributed by atoms with E-state index in [1.807, 2.05) is 0 Å². The Morgan fingerprint density at radius 3 is 1.83 bits per heavy atom. The van der Waals surface area contributed by atoms with Gasteiger partial charge in [0.25, 0.3) is 0 Å². The highest BCUT2D eigenvalue weighted by Gasteiger charge is 2.43. The lowest BCUT2D eigenvalue weighted by Crippen LogP contribution is -2.58. The molecule has 1 aromatic heterocycles. The highest BCUT2D eigenvalue weighted by molar-refractivity contribution is 5.79. The minimum Gasteiger partial charge on any atom is -0.394 e. The lowest BCUT2D eigenvalue weighted by Gasteiger charge is -2.37. The van der Waals surface area contributed by atoms with Gasteiger partial charge in [-0.3, -0.25) is 0 Å². The molecule has 0 radical (unpaired) electrons. The van der Waals surface area contributed by atoms with Crippen molar-refractivity contribution in [2.45, 2.75) is 61.0 Å². The smallest absolute Gasteiger partial charge is 0.205 e. The first-order valence-electron chi connectivity index (χ1n) is 11.1. The number of aromatic nitrogens is 2. The average Bonchev–Trinajstić information content (AvgIpc) is 2.89. The molecule has 2 fully saturated rings. The first-order chi connectivity index (χ1) is 17.2. The summed E-state index contributed by atoms with van der Waals surface area (Å²) in [6, 6.07) is 5.00. The summed E-state index contributed by atoms with van der Waals surface area (Å²) in [4.78, 5) is 8.46. The molecule has 2 aliphatic rings. The fourth-order valence-electron chi connectivity index (χ4n) is 3.90. The second kappa shape index (κ2) is 11.1. The Morgan fingerprint density at radius 2 is 1.28 bits per heavy atom. The molecule has 3 heterocycles. The third-order valence-corrected chi connectivity index (χ3v) is 6.05. The number of hydrogen-bond acceptors (Lipinski definition) is 12. The highest BCUT2D eigenvalue weighted by Crippen LogP contribution is 2.22. The lowest BCUT2D eigenvalue weighted by molar-refractivity contribution is -0.214. The second-order valence-corrected chi connectivity index (χ2v) is 8.50. The predicted octanol–water partition coefficient (Wildman–Crippen LogP) is -3.98. The van der Waals surface area contributed by atoms with Gasteiger partial charge in [0, 0.05) is 17.1 Å². The quantitative estimate of drug-likeness (QED) is 0.185. The molecule has 0 amide bonds. The molecule has 0 saturated carbocycles. The molecule has 36 heavy (non-hydrogen) atoms. The molecule has 0 bridgehead atoms. The van der Waals surface area contributed by atoms with Crippen LogP contribution in [0.4, 0.5) is 0 Å². The topological polar surface area (TPSA) is 206 Å². The molecule has 8 N–H and O–H groups in total. The van der Waals surface area contributed by atoms with Crippen LogP contribution in [0, 0.1) is 23.7 Å². The monoisotopic (exact) mass is 502 g/mol. The van der Waals surface area contributed by atoms with Gasteiger partial charge in [-0.05, 0) is 24.1 Å². The van der Waals surface area contributed by atoms with Crippen LogP contribution in [0.3, 0.4) is 0 Å². The Bertz CT molecular complexity index is 1110. The van der Waals surface area contributed by atoms with E-state index in [-0.39, 0.29) is 5.82 Å². The standard InChI is InChI=1S/C24H26N2O10/c27-9-16-21(31)23(33)19(29)14(35-16)4-2-11-1-3-13-12(7-11)8-25-18(26-13)6-5-15-20(30)24(34)22(32)17(10-28)36-15/h1,3,7-8,14-17,19-24,27-34H,9-10H2/t14-,15-,16-,17-,19?,20-,21-,22-,23-,24-/m1/s1. The van der Waals surface area contributed by atoms with E-state index in [0.717, 1.165) is 0 Å². The molecule has 2 aliphatic heterocycles. The summed E-state index contributed by atoms with van der Waals surface area (Å²) in [6.07, 6.45) is -11.8. The van der Waals surface area contributed by atoms with Crippen molar-refractivity contribution in [2.75, 3.05) is 13.2 Å². The molecule has 1 aromatic carbocycles. The van der Waals surface area contributed by atoms with Gasteiger partial charge in [-0.2, -0.15) is 0 Å². The number of nitrogens with zero attached hydrogens (tertiary/aromatic N) is 2. The van der Waals surface area contributed by atoms with E-state index in [9.17, 15) is 40.9 Å². The van der Waals surface area contributed by atoms with Crippen LogP contribution in [0.15, 0.2) is 24.4 Å². The first-order valence-corrected chi connectivity index (χ1v) is 11.1. The molecular formula is C24H26N2O10. The predicted molar refractivity (Wildman–Crippen MR) is 121 cm³/mol. The summed E-state index contributed by atoms with van der Waals surface area (Å²) in [6.45, 7) is -1.10. The maximum atomic E-state index is 10.1. The number of rotatable bonds is 2. The van der Waals surface area contributed by atoms with E-state index in [1.54, 1.807) is 18.2 Å². The Labute approximate surface area is 205 Å². The molecule has 12 nitrogen and oxygen atoms in total. The number of fused-ring (bicyclic) bond motifs is 1. The van der Waals surface area contributed by atoms with E-state index < -0.39 is 74.3 Å². The molecule has 2 aromatic rings. The fourth-order valence-corrected chi connectivity index (χ4v) is 3.90. The van der Waals surface area contributed by atoms with Crippen molar-refractivity contribution in [2.24, 2.45) is 0 Å². The van der Waals surface area contributed by atoms with Crippen molar-refractivity contribution < 1.29 is 50.3 Å². The fraction of sp³-hybridized carbons (Fsp3) is 0.500. The van der Waals surface area contributed by atoms with Gasteiger partial charge in [0.15, 0.2) is 0 Å². The number of benzene rings is 1. The van der Waals surface area contributed by atoms with Crippen LogP contribution in [0.1, 0.15) is 11.4 Å². The van der Waals surface area contributed by atoms with E-state index in [4.69, 9.17) is 9.47 Å². The summed E-state index contributed by atoms with van der Waals surface area (Å²) >= 11 is 0. The summed E-state index contributed by atoms with van der Waals surface area (Å²) in [5.41, 5.74) is 1.06. The first kappa shape index (κ1) is 26.3. The van der Waals surface area contributed by atoms with Gasteiger partial charge in [0.2, 0.25) is 5.82 Å². The molecule has 1 unspecified atom stereocenters. The molecule has 0 spiro atoms. The van der Waals surface area contributed by atoms with Crippen LogP contribution in [0.25, 0.3) is 10.9 Å². The van der Waals surface area contributed by atoms with Crippen molar-refractivity contribution in [3.05, 3.63) is 35.8 Å². The van der Waals surface area contributed by atoms with Crippen molar-refractivity contribution in [1.29, 1.82) is 0 Å². The summed E-state index contributed by atoms with van der Waals surface area (Å²) in [7, 11) is 0. The third kappa shape index (κ3) is 5.34. The van der Waals surface area contributed by atoms with Crippen molar-refractivity contribution >= 4 is 10.9 Å². The van der Waals surface area contributed by atoms with Gasteiger partial charge in [-0.15, -0.1) is 0 Å². The van der Waals surface area contributed by atoms with Crippen molar-refractivity contribution in [3.63, 3.8) is 0 Å². The number of aliphatic hydroxyl groups is 8. The van der Waals surface area contributed by atoms with Crippen molar-refractivity contribution in [1.82, 2.24) is 9.97 Å². The summed E-state index contributed by atoms with van der Waals surface area (Å²) in [5, 5.41) is 78.8. The van der Waals surface area contributed by atoms with Gasteiger partial charge in [0.1, 0.15) is 61.0 Å². The number of aliphatic hydroxyl groups excluding tert-OH is 8. The third-order valence-electron chi connectivity index (χ3n) is 6.05. The van der Waals surface area contributed by atoms with Gasteiger partial charge in [-0.25, -0.2) is 9.97 Å². The Hall–Kier alpha value is -2.72. The van der Waals surface area contributed by atoms with Crippen LogP contribution in [-0.4, -0.2) is 125 Å². The van der Waals surface area contributed by atoms with Gasteiger partial charge < -0.3 is 50.3 Å². The van der Waals surface area contributed by atoms with E-state index in [1.165, 1.54) is 6.20 Å². The van der Waals surface area contributed by atoms with E-state index >= 15 is 0 Å². The highest BCUT2D eigenvalue weighted by atomic mass is 16.5. The average molecular weight is 502 g/mol. The largest absolute Gasteiger partial charge is 0.394 e. The number of hydrogen-bond donors (Lipinski definition) is 8. The molecule has 10 atom stereocenters. The SMILES string of the molecule is OC[C@H]1O[C@H](C#Cc2ncc3cc(C#C[C@H]4O[C@H](CO)[C@@H](O)[C@H](O)C4O)ccc3n2)[C@@H](O)[C@@H](O)[C@@H]1O. The Morgan fingerprint density at radius 1 is 0.722 bits per heavy atom. The summed E-state index contributed by atoms with van der Waals surface area (Å²) in [5.74, 6) is 10.9. The maximum Gasteiger partial charge on any atom is 0.205 e. The van der Waals surface area contributed by atoms with Gasteiger partial charge >= 0.3 is 0 Å². The van der Waals surface area contributed by atoms with E-state index in [0.29, 0.717) is 16.5 Å². The van der Waals surface area contributed by atoms with Crippen LogP contribution >= 0.6 is 0 Å². The molecule has 4 rings (SSSR count). The minimum absolute atomic E-state index is 0.111. The molecule has 192 valence electrons. The zero-order valence-corrected chi connectivity index (χ0v) is 18.8. The van der Waals surface area contributed by atoms with Crippen LogP contribution < -0.4 is 0 Å². The Balaban J connectivity index is 1.50. The molecule has 12 heteroatoms. The van der Waals surface area contributed by atoms with E-state index in [2.05, 4.69) is 33.6 Å². The molecule has 0 aliphatic carbocycles. The second-order valence-electron chi connectivity index (χ2n) is 8.50. The minimum atomic E-state index is -1.53. The van der Waals surface area contributed by atoms with Gasteiger partial charge in [-0.1, -0.05) is 17.8 Å². The Kier molecular flexibility index (Phi) is 8.14. The van der Waals surface area contributed by atoms with Crippen molar-refractivity contribution in [3.8, 4) is 23.7 Å². The van der Waals surface area contributed by atoms with Crippen LogP contribution in [0.5, 0.6) is 0 Å². The van der Waals surface area contributed by atoms with Crippen LogP contribution in [0.2, 0.25) is 0 Å². The normalized spacial score (nSPS) is 36.4. The maximum absolute atomic E-state index is 10.1. The molecular weight excluding hydrogens is 476 g/mol. The zero-order chi connectivity index (χ0) is 26.0. The zero-order valence-electron chi connectivity index (χ0n) is 18.8. The molecule has 2 saturated heterocycles. The van der Waals surface area contributed by atoms with Crippen LogP contribution in [-0.2, 0) is 9.47 Å². The number of ether oxygens (including phenoxy) is 2. The lowest BCUT2D eigenvalue weighted by atomic mass is 9.95. The summed E-state index contributed by atoms with van der Waals surface area (Å²) < 4.78 is 10.7. The van der Waals surface area contributed by atoms with Gasteiger partial charge in [0.05, 0.1) is 18.7 Å².